The third kappa shape index (κ3) is 16.7. The van der Waals surface area contributed by atoms with Crippen molar-refractivity contribution in [3.05, 3.63) is 47.5 Å². The number of fused-ring (bicyclic) bond motifs is 1. The van der Waals surface area contributed by atoms with Crippen LogP contribution in [-0.2, 0) is 20.8 Å². The quantitative estimate of drug-likeness (QED) is 0.163. The number of benzene rings is 2. The van der Waals surface area contributed by atoms with Crippen LogP contribution in [0.2, 0.25) is 0 Å². The molecule has 0 spiro atoms. The van der Waals surface area contributed by atoms with Gasteiger partial charge < -0.3 is 31.1 Å². The average Bonchev–Trinajstić information content (AvgIpc) is 2.97. The number of carboxylic acids is 1. The van der Waals surface area contributed by atoms with Gasteiger partial charge in [0.2, 0.25) is 5.91 Å². The summed E-state index contributed by atoms with van der Waals surface area (Å²) in [5.74, 6) is -3.44. The first-order valence-corrected chi connectivity index (χ1v) is 15.1. The van der Waals surface area contributed by atoms with Crippen molar-refractivity contribution in [3.8, 4) is 0 Å². The Hall–Kier alpha value is -3.47. The highest BCUT2D eigenvalue weighted by molar-refractivity contribution is 5.98. The fraction of sp³-hybridized carbons (Fsp3) is 0.562. The molecule has 2 rings (SSSR count). The molecule has 1 atom stereocenters. The number of quaternary nitrogens is 1. The Labute approximate surface area is 252 Å². The molecule has 0 aliphatic rings. The standard InChI is InChI=1S/C30H45N3O3.C2HF3O2/c1-2-3-4-5-6-7-8-9-12-24-14-15-26-22-27(17-16-25(26)21-24)30(36)32-20-18-29(35)33-28(23-34)13-10-11-19-31;3-2(4,5)1(6)7/h14-17,21-23,28H,2-13,18-20,31H2,1H3,(H,32,36)(H,33,35);(H,6,7). The summed E-state index contributed by atoms with van der Waals surface area (Å²) >= 11 is 0. The van der Waals surface area contributed by atoms with E-state index in [2.05, 4.69) is 41.5 Å². The summed E-state index contributed by atoms with van der Waals surface area (Å²) in [7, 11) is 0. The maximum absolute atomic E-state index is 12.6. The summed E-state index contributed by atoms with van der Waals surface area (Å²) in [5, 5.41) is 16.5. The van der Waals surface area contributed by atoms with Gasteiger partial charge in [-0.3, -0.25) is 9.59 Å². The van der Waals surface area contributed by atoms with E-state index in [0.717, 1.165) is 42.9 Å². The molecule has 0 radical (unpaired) electrons. The van der Waals surface area contributed by atoms with Crippen molar-refractivity contribution in [2.45, 2.75) is 103 Å². The van der Waals surface area contributed by atoms with E-state index in [1.807, 2.05) is 18.2 Å². The second-order valence-corrected chi connectivity index (χ2v) is 10.6. The van der Waals surface area contributed by atoms with E-state index >= 15 is 0 Å². The van der Waals surface area contributed by atoms with Crippen molar-refractivity contribution < 1.29 is 43.2 Å². The van der Waals surface area contributed by atoms with Crippen molar-refractivity contribution in [3.63, 3.8) is 0 Å². The van der Waals surface area contributed by atoms with Crippen molar-refractivity contribution in [2.75, 3.05) is 13.1 Å². The van der Waals surface area contributed by atoms with Crippen LogP contribution >= 0.6 is 0 Å². The van der Waals surface area contributed by atoms with Gasteiger partial charge in [0.1, 0.15) is 12.3 Å². The minimum atomic E-state index is -5.19. The minimum absolute atomic E-state index is 0.140. The molecule has 2 aromatic rings. The van der Waals surface area contributed by atoms with Crippen molar-refractivity contribution in [1.29, 1.82) is 0 Å². The molecule has 1 unspecified atom stereocenters. The molecule has 0 heterocycles. The summed E-state index contributed by atoms with van der Waals surface area (Å²) in [4.78, 5) is 44.6. The van der Waals surface area contributed by atoms with E-state index in [1.54, 1.807) is 0 Å². The molecule has 240 valence electrons. The van der Waals surface area contributed by atoms with Gasteiger partial charge in [-0.05, 0) is 60.6 Å². The number of hydrogen-bond donors (Lipinski definition) is 3. The number of rotatable bonds is 19. The number of alkyl halides is 3. The summed E-state index contributed by atoms with van der Waals surface area (Å²) in [6.07, 6.45) is 9.80. The number of carboxylic acid groups (broad SMARTS) is 1. The normalized spacial score (nSPS) is 11.7. The lowest BCUT2D eigenvalue weighted by Crippen LogP contribution is -2.50. The summed E-state index contributed by atoms with van der Waals surface area (Å²) in [6, 6.07) is 11.7. The molecule has 2 amide bonds. The van der Waals surface area contributed by atoms with E-state index in [0.29, 0.717) is 12.0 Å². The second-order valence-electron chi connectivity index (χ2n) is 10.6. The fourth-order valence-corrected chi connectivity index (χ4v) is 4.44. The second kappa shape index (κ2) is 21.3. The number of carbonyl (C=O) groups is 4. The molecule has 0 bridgehead atoms. The molecular formula is C32H46F3N3O5. The van der Waals surface area contributed by atoms with Crippen LogP contribution in [0.4, 0.5) is 13.2 Å². The molecule has 5 N–H and O–H groups in total. The van der Waals surface area contributed by atoms with Gasteiger partial charge in [-0.15, -0.1) is 0 Å². The predicted molar refractivity (Wildman–Crippen MR) is 158 cm³/mol. The SMILES string of the molecule is CCCCCCCCCCc1ccc2cc(C(=O)NCCC(=O)NC(C=O)CCCC[NH3+])ccc2c1.O=C([O-])C(F)(F)F. The van der Waals surface area contributed by atoms with Crippen LogP contribution in [0.25, 0.3) is 10.8 Å². The molecule has 0 saturated heterocycles. The van der Waals surface area contributed by atoms with Gasteiger partial charge >= 0.3 is 6.18 Å². The average molecular weight is 610 g/mol. The Morgan fingerprint density at radius 1 is 0.907 bits per heavy atom. The number of amides is 2. The Bertz CT molecular complexity index is 1140. The monoisotopic (exact) mass is 609 g/mol. The number of aliphatic carboxylic acids is 1. The lowest BCUT2D eigenvalue weighted by molar-refractivity contribution is -0.368. The maximum Gasteiger partial charge on any atom is 0.430 e. The molecule has 0 aliphatic heterocycles. The van der Waals surface area contributed by atoms with Gasteiger partial charge in [0.05, 0.1) is 12.6 Å². The number of unbranched alkanes of at least 4 members (excludes halogenated alkanes) is 8. The first-order valence-electron chi connectivity index (χ1n) is 15.1. The number of nitrogens with one attached hydrogen (secondary N) is 2. The van der Waals surface area contributed by atoms with Crippen molar-refractivity contribution >= 4 is 34.8 Å². The number of hydrogen-bond acceptors (Lipinski definition) is 5. The van der Waals surface area contributed by atoms with Crippen LogP contribution in [0, 0.1) is 0 Å². The van der Waals surface area contributed by atoms with Crippen LogP contribution in [0.1, 0.15) is 99.9 Å². The zero-order valence-electron chi connectivity index (χ0n) is 25.1. The molecule has 0 saturated carbocycles. The summed E-state index contributed by atoms with van der Waals surface area (Å²) in [6.45, 7) is 3.30. The predicted octanol–water partition coefficient (Wildman–Crippen LogP) is 4.04. The molecule has 0 aliphatic carbocycles. The van der Waals surface area contributed by atoms with Gasteiger partial charge in [-0.1, -0.05) is 76.1 Å². The van der Waals surface area contributed by atoms with Gasteiger partial charge in [0, 0.05) is 18.5 Å². The highest BCUT2D eigenvalue weighted by Gasteiger charge is 2.28. The number of aryl methyl sites for hydroxylation is 1. The van der Waals surface area contributed by atoms with E-state index in [9.17, 15) is 27.6 Å². The summed E-state index contributed by atoms with van der Waals surface area (Å²) in [5.41, 5.74) is 5.71. The van der Waals surface area contributed by atoms with Crippen LogP contribution in [0.15, 0.2) is 36.4 Å². The fourth-order valence-electron chi connectivity index (χ4n) is 4.44. The van der Waals surface area contributed by atoms with E-state index in [1.165, 1.54) is 56.9 Å². The Morgan fingerprint density at radius 3 is 2.12 bits per heavy atom. The zero-order valence-corrected chi connectivity index (χ0v) is 25.1. The molecule has 43 heavy (non-hydrogen) atoms. The molecular weight excluding hydrogens is 563 g/mol. The highest BCUT2D eigenvalue weighted by Crippen LogP contribution is 2.20. The highest BCUT2D eigenvalue weighted by atomic mass is 19.4. The Balaban J connectivity index is 0.00000117. The van der Waals surface area contributed by atoms with Crippen LogP contribution < -0.4 is 21.5 Å². The number of aldehydes is 1. The first kappa shape index (κ1) is 37.6. The van der Waals surface area contributed by atoms with Crippen LogP contribution in [-0.4, -0.2) is 49.4 Å². The number of halogens is 3. The Morgan fingerprint density at radius 2 is 1.51 bits per heavy atom. The van der Waals surface area contributed by atoms with Gasteiger partial charge in [-0.2, -0.15) is 13.2 Å². The molecule has 8 nitrogen and oxygen atoms in total. The lowest BCUT2D eigenvalue weighted by atomic mass is 10.00. The third-order valence-electron chi connectivity index (χ3n) is 6.88. The number of carbonyl (C=O) groups excluding carboxylic acids is 4. The van der Waals surface area contributed by atoms with Gasteiger partial charge in [0.25, 0.3) is 5.91 Å². The van der Waals surface area contributed by atoms with Crippen LogP contribution in [0.5, 0.6) is 0 Å². The van der Waals surface area contributed by atoms with Gasteiger partial charge in [0.15, 0.2) is 0 Å². The van der Waals surface area contributed by atoms with E-state index in [4.69, 9.17) is 9.90 Å². The maximum atomic E-state index is 12.6. The first-order chi connectivity index (χ1) is 20.5. The lowest BCUT2D eigenvalue weighted by Gasteiger charge is -2.12. The largest absolute Gasteiger partial charge is 0.542 e. The summed E-state index contributed by atoms with van der Waals surface area (Å²) < 4.78 is 31.5. The smallest absolute Gasteiger partial charge is 0.430 e. The Kier molecular flexibility index (Phi) is 18.6. The van der Waals surface area contributed by atoms with Crippen molar-refractivity contribution in [2.24, 2.45) is 0 Å². The zero-order chi connectivity index (χ0) is 32.1. The molecule has 11 heteroatoms. The van der Waals surface area contributed by atoms with E-state index in [-0.39, 0.29) is 24.8 Å². The van der Waals surface area contributed by atoms with Crippen LogP contribution in [0.3, 0.4) is 0 Å². The third-order valence-corrected chi connectivity index (χ3v) is 6.88. The van der Waals surface area contributed by atoms with Crippen molar-refractivity contribution in [1.82, 2.24) is 10.6 Å². The topological polar surface area (TPSA) is 143 Å². The minimum Gasteiger partial charge on any atom is -0.542 e. The van der Waals surface area contributed by atoms with Gasteiger partial charge in [-0.25, -0.2) is 0 Å². The van der Waals surface area contributed by atoms with E-state index < -0.39 is 18.2 Å². The molecule has 2 aromatic carbocycles. The molecule has 0 aromatic heterocycles. The molecule has 0 fully saturated rings.